The minimum atomic E-state index is -0.166. The number of nitrogens with zero attached hydrogens (tertiary/aromatic N) is 2. The van der Waals surface area contributed by atoms with E-state index >= 15 is 0 Å². The van der Waals surface area contributed by atoms with Gasteiger partial charge in [-0.1, -0.05) is 0 Å². The van der Waals surface area contributed by atoms with E-state index in [2.05, 4.69) is 10.3 Å². The molecule has 0 unspecified atom stereocenters. The summed E-state index contributed by atoms with van der Waals surface area (Å²) in [6.07, 6.45) is 1.44. The van der Waals surface area contributed by atoms with Crippen molar-refractivity contribution in [2.24, 2.45) is 4.99 Å². The summed E-state index contributed by atoms with van der Waals surface area (Å²) in [4.78, 5) is 15.6. The Balaban J connectivity index is 3.72. The molecule has 0 saturated heterocycles. The fourth-order valence-corrected chi connectivity index (χ4v) is 0.402. The van der Waals surface area contributed by atoms with Gasteiger partial charge in [-0.3, -0.25) is 9.89 Å². The summed E-state index contributed by atoms with van der Waals surface area (Å²) >= 11 is 0. The third-order valence-electron chi connectivity index (χ3n) is 0.823. The van der Waals surface area contributed by atoms with Crippen LogP contribution in [0.2, 0.25) is 0 Å². The highest BCUT2D eigenvalue weighted by Gasteiger charge is 1.98. The summed E-state index contributed by atoms with van der Waals surface area (Å²) in [6, 6.07) is -0.166. The fourth-order valence-electron chi connectivity index (χ4n) is 0.402. The van der Waals surface area contributed by atoms with E-state index < -0.39 is 0 Å². The molecule has 4 heteroatoms. The van der Waals surface area contributed by atoms with Crippen molar-refractivity contribution in [1.82, 2.24) is 10.2 Å². The average Bonchev–Trinajstić information content (AvgIpc) is 1.87. The second kappa shape index (κ2) is 3.88. The molecule has 0 heterocycles. The highest BCUT2D eigenvalue weighted by molar-refractivity contribution is 5.85. The smallest absolute Gasteiger partial charge is 0.322 e. The average molecular weight is 129 g/mol. The molecule has 1 N–H and O–H groups in total. The third kappa shape index (κ3) is 2.69. The van der Waals surface area contributed by atoms with Crippen molar-refractivity contribution in [3.05, 3.63) is 0 Å². The van der Waals surface area contributed by atoms with E-state index in [4.69, 9.17) is 0 Å². The lowest BCUT2D eigenvalue weighted by molar-refractivity contribution is 0.229. The third-order valence-corrected chi connectivity index (χ3v) is 0.823. The zero-order chi connectivity index (χ0) is 7.28. The molecule has 9 heavy (non-hydrogen) atoms. The second-order valence-electron chi connectivity index (χ2n) is 1.54. The second-order valence-corrected chi connectivity index (χ2v) is 1.54. The molecule has 52 valence electrons. The summed E-state index contributed by atoms with van der Waals surface area (Å²) in [7, 11) is 4.81. The van der Waals surface area contributed by atoms with E-state index in [1.807, 2.05) is 0 Å². The van der Waals surface area contributed by atoms with Crippen LogP contribution in [-0.4, -0.2) is 38.4 Å². The van der Waals surface area contributed by atoms with Gasteiger partial charge >= 0.3 is 6.03 Å². The van der Waals surface area contributed by atoms with Crippen LogP contribution in [-0.2, 0) is 0 Å². The number of urea groups is 1. The first-order valence-electron chi connectivity index (χ1n) is 2.59. The van der Waals surface area contributed by atoms with Gasteiger partial charge in [-0.25, -0.2) is 4.79 Å². The van der Waals surface area contributed by atoms with Crippen LogP contribution in [0.25, 0.3) is 0 Å². The van der Waals surface area contributed by atoms with Crippen molar-refractivity contribution in [3.63, 3.8) is 0 Å². The molecular formula is C5H11N3O. The lowest BCUT2D eigenvalue weighted by atomic mass is 10.8. The topological polar surface area (TPSA) is 44.7 Å². The Bertz CT molecular complexity index is 121. The molecule has 0 bridgehead atoms. The van der Waals surface area contributed by atoms with Gasteiger partial charge < -0.3 is 5.32 Å². The predicted octanol–water partition coefficient (Wildman–Crippen LogP) is -0.0843. The zero-order valence-electron chi connectivity index (χ0n) is 5.88. The minimum Gasteiger partial charge on any atom is -0.341 e. The number of amides is 2. The quantitative estimate of drug-likeness (QED) is 0.390. The van der Waals surface area contributed by atoms with Crippen LogP contribution >= 0.6 is 0 Å². The maximum atomic E-state index is 10.6. The summed E-state index contributed by atoms with van der Waals surface area (Å²) in [5.74, 6) is 0. The van der Waals surface area contributed by atoms with Gasteiger partial charge in [0.15, 0.2) is 0 Å². The van der Waals surface area contributed by atoms with Crippen LogP contribution in [0.1, 0.15) is 0 Å². The number of rotatable bonds is 1. The molecule has 0 saturated carbocycles. The monoisotopic (exact) mass is 129 g/mol. The van der Waals surface area contributed by atoms with Crippen LogP contribution in [0, 0.1) is 0 Å². The van der Waals surface area contributed by atoms with Crippen molar-refractivity contribution in [2.75, 3.05) is 21.1 Å². The van der Waals surface area contributed by atoms with Gasteiger partial charge in [-0.2, -0.15) is 0 Å². The van der Waals surface area contributed by atoms with Crippen LogP contribution in [0.5, 0.6) is 0 Å². The van der Waals surface area contributed by atoms with E-state index in [1.165, 1.54) is 11.2 Å². The number of hydrogen-bond acceptors (Lipinski definition) is 2. The van der Waals surface area contributed by atoms with E-state index in [0.717, 1.165) is 0 Å². The van der Waals surface area contributed by atoms with Gasteiger partial charge in [0.2, 0.25) is 0 Å². The first kappa shape index (κ1) is 7.94. The van der Waals surface area contributed by atoms with Crippen molar-refractivity contribution >= 4 is 12.4 Å². The first-order chi connectivity index (χ1) is 4.22. The van der Waals surface area contributed by atoms with Crippen molar-refractivity contribution in [1.29, 1.82) is 0 Å². The summed E-state index contributed by atoms with van der Waals surface area (Å²) in [5, 5.41) is 2.45. The van der Waals surface area contributed by atoms with Crippen LogP contribution < -0.4 is 5.32 Å². The van der Waals surface area contributed by atoms with Gasteiger partial charge in [0.25, 0.3) is 0 Å². The molecule has 0 radical (unpaired) electrons. The van der Waals surface area contributed by atoms with Gasteiger partial charge in [0.05, 0.1) is 6.34 Å². The molecule has 0 rings (SSSR count). The standard InChI is InChI=1S/C5H11N3O/c1-6-4-8(3)5(9)7-2/h4H,1-3H3,(H,7,9). The minimum absolute atomic E-state index is 0.166. The lowest BCUT2D eigenvalue weighted by Crippen LogP contribution is -2.33. The zero-order valence-corrected chi connectivity index (χ0v) is 5.88. The maximum absolute atomic E-state index is 10.6. The molecule has 2 amide bonds. The van der Waals surface area contributed by atoms with Crippen LogP contribution in [0.4, 0.5) is 4.79 Å². The van der Waals surface area contributed by atoms with Crippen LogP contribution in [0.15, 0.2) is 4.99 Å². The van der Waals surface area contributed by atoms with Crippen molar-refractivity contribution in [3.8, 4) is 0 Å². The molecule has 4 nitrogen and oxygen atoms in total. The Kier molecular flexibility index (Phi) is 3.43. The van der Waals surface area contributed by atoms with Crippen LogP contribution in [0.3, 0.4) is 0 Å². The Labute approximate surface area is 54.6 Å². The van der Waals surface area contributed by atoms with Gasteiger partial charge in [0, 0.05) is 21.1 Å². The van der Waals surface area contributed by atoms with E-state index in [-0.39, 0.29) is 6.03 Å². The Morgan fingerprint density at radius 1 is 1.78 bits per heavy atom. The summed E-state index contributed by atoms with van der Waals surface area (Å²) in [6.45, 7) is 0. The molecule has 0 aliphatic heterocycles. The molecule has 0 aromatic heterocycles. The molecule has 0 fully saturated rings. The highest BCUT2D eigenvalue weighted by Crippen LogP contribution is 1.75. The van der Waals surface area contributed by atoms with E-state index in [1.54, 1.807) is 21.1 Å². The highest BCUT2D eigenvalue weighted by atomic mass is 16.2. The number of hydrogen-bond donors (Lipinski definition) is 1. The number of aliphatic imine (C=N–C) groups is 1. The Hall–Kier alpha value is -1.06. The Morgan fingerprint density at radius 2 is 2.33 bits per heavy atom. The molecule has 0 aromatic carbocycles. The van der Waals surface area contributed by atoms with E-state index in [9.17, 15) is 4.79 Å². The molecule has 0 aliphatic carbocycles. The van der Waals surface area contributed by atoms with E-state index in [0.29, 0.717) is 0 Å². The molecule has 0 atom stereocenters. The molecule has 0 aliphatic rings. The van der Waals surface area contributed by atoms with Crippen molar-refractivity contribution in [2.45, 2.75) is 0 Å². The maximum Gasteiger partial charge on any atom is 0.322 e. The molecule has 0 spiro atoms. The predicted molar refractivity (Wildman–Crippen MR) is 36.6 cm³/mol. The number of nitrogens with one attached hydrogen (secondary N) is 1. The number of carbonyl (C=O) groups is 1. The fraction of sp³-hybridized carbons (Fsp3) is 0.600. The van der Waals surface area contributed by atoms with Crippen molar-refractivity contribution < 1.29 is 4.79 Å². The summed E-state index contributed by atoms with van der Waals surface area (Å²) in [5.41, 5.74) is 0. The number of carbonyl (C=O) groups excluding carboxylic acids is 1. The normalized spacial score (nSPS) is 9.67. The SMILES string of the molecule is CN=CN(C)C(=O)NC. The van der Waals surface area contributed by atoms with Gasteiger partial charge in [-0.15, -0.1) is 0 Å². The van der Waals surface area contributed by atoms with Gasteiger partial charge in [-0.05, 0) is 0 Å². The van der Waals surface area contributed by atoms with Gasteiger partial charge in [0.1, 0.15) is 0 Å². The molecular weight excluding hydrogens is 118 g/mol. The first-order valence-corrected chi connectivity index (χ1v) is 2.59. The molecule has 0 aromatic rings. The lowest BCUT2D eigenvalue weighted by Gasteiger charge is -2.08. The largest absolute Gasteiger partial charge is 0.341 e. The Morgan fingerprint density at radius 3 is 2.67 bits per heavy atom. The summed E-state index contributed by atoms with van der Waals surface area (Å²) < 4.78 is 0.